The average molecular weight is 495 g/mol. The largest absolute Gasteiger partial charge is 0.358 e. The van der Waals surface area contributed by atoms with Crippen molar-refractivity contribution in [3.63, 3.8) is 0 Å². The molecule has 0 heterocycles. The number of hydrogen-bond acceptors (Lipinski definition) is 1. The summed E-state index contributed by atoms with van der Waals surface area (Å²) < 4.78 is 0. The van der Waals surface area contributed by atoms with E-state index >= 15 is 0 Å². The second kappa shape index (κ2) is 252. The van der Waals surface area contributed by atoms with Crippen LogP contribution in [0.25, 0.3) is 0 Å². The quantitative estimate of drug-likeness (QED) is 0.334. The van der Waals surface area contributed by atoms with Crippen LogP contribution in [0.1, 0.15) is 125 Å². The molecule has 0 unspecified atom stereocenters. The molecule has 0 aromatic rings. The summed E-state index contributed by atoms with van der Waals surface area (Å²) in [6.07, 6.45) is 5.00. The first-order valence-electron chi connectivity index (χ1n) is 6.77. The minimum atomic E-state index is 0. The molecule has 0 saturated carbocycles. The van der Waals surface area contributed by atoms with Gasteiger partial charge in [0.05, 0.1) is 0 Å². The molecule has 2 N–H and O–H groups in total. The molecule has 0 aliphatic carbocycles. The second-order valence-corrected chi connectivity index (χ2v) is 3.24. The molecule has 23 heavy (non-hydrogen) atoms. The van der Waals surface area contributed by atoms with Crippen LogP contribution in [0.4, 0.5) is 0 Å². The Hall–Kier alpha value is 2.17. The molecule has 0 fully saturated rings. The Bertz CT molecular complexity index is 27.2. The van der Waals surface area contributed by atoms with Gasteiger partial charge in [-0.3, -0.25) is 0 Å². The summed E-state index contributed by atoms with van der Waals surface area (Å²) in [4.78, 5) is 0. The first kappa shape index (κ1) is 99.3. The molecule has 0 bridgehead atoms. The molecule has 3 heteroatoms. The molecule has 0 spiro atoms. The summed E-state index contributed by atoms with van der Waals surface area (Å²) >= 11 is 0. The van der Waals surface area contributed by atoms with Crippen LogP contribution in [-0.4, -0.2) is 6.54 Å². The van der Waals surface area contributed by atoms with E-state index in [9.17, 15) is 0 Å². The maximum atomic E-state index is 4.85. The third-order valence-corrected chi connectivity index (χ3v) is 0. The Labute approximate surface area is 208 Å². The van der Waals surface area contributed by atoms with Gasteiger partial charge in [-0.2, -0.15) is 0 Å². The number of hydrogen-bond donors (Lipinski definition) is 1. The molecule has 0 rings (SSSR count). The SMILES string of the molecule is C.C.C.C.C.CCC.CCC.CCC.CCC.CCN.[CH3-].[Y].[Y]. The van der Waals surface area contributed by atoms with Gasteiger partial charge in [-0.1, -0.05) is 125 Å². The van der Waals surface area contributed by atoms with Gasteiger partial charge in [0.15, 0.2) is 0 Å². The summed E-state index contributed by atoms with van der Waals surface area (Å²) in [5, 5.41) is 0. The fourth-order valence-electron chi connectivity index (χ4n) is 0. The Balaban J connectivity index is -0.00000000455. The molecule has 0 aliphatic rings. The van der Waals surface area contributed by atoms with Crippen LogP contribution in [0.3, 0.4) is 0 Å². The van der Waals surface area contributed by atoms with E-state index in [-0.39, 0.29) is 110 Å². The third kappa shape index (κ3) is 2530. The van der Waals surface area contributed by atoms with Gasteiger partial charge < -0.3 is 13.2 Å². The fraction of sp³-hybridized carbons (Fsp3) is 0.950. The van der Waals surface area contributed by atoms with Crippen molar-refractivity contribution in [1.29, 1.82) is 0 Å². The molecule has 0 aromatic carbocycles. The molecule has 0 saturated heterocycles. The van der Waals surface area contributed by atoms with E-state index < -0.39 is 0 Å². The Kier molecular flexibility index (Phi) is 1090. The molecule has 1 nitrogen and oxygen atoms in total. The fourth-order valence-corrected chi connectivity index (χ4v) is 0. The van der Waals surface area contributed by atoms with Gasteiger partial charge in [0.25, 0.3) is 0 Å². The molecule has 0 aromatic heterocycles. The standard InChI is InChI=1S/4C3H8.C2H7N.5CH4.CH3.2Y/c4*1-3-2;1-2-3;;;;;;;;/h4*3H2,1-2H3;2-3H2,1H3;5*1H4;1H3;;/q;;;;;;;;;;-1;;. The van der Waals surface area contributed by atoms with E-state index in [4.69, 9.17) is 5.73 Å². The smallest absolute Gasteiger partial charge is 0 e. The van der Waals surface area contributed by atoms with Gasteiger partial charge in [-0.25, -0.2) is 0 Å². The molecule has 2 radical (unpaired) electrons. The summed E-state index contributed by atoms with van der Waals surface area (Å²) in [5.41, 5.74) is 4.85. The number of nitrogens with two attached hydrogens (primary N) is 1. The van der Waals surface area contributed by atoms with Gasteiger partial charge >= 0.3 is 0 Å². The van der Waals surface area contributed by atoms with Gasteiger partial charge in [0.2, 0.25) is 0 Å². The first-order chi connectivity index (χ1) is 7.07. The Morgan fingerprint density at radius 1 is 0.435 bits per heavy atom. The van der Waals surface area contributed by atoms with Gasteiger partial charge in [-0.15, -0.1) is 0 Å². The van der Waals surface area contributed by atoms with Crippen molar-refractivity contribution in [1.82, 2.24) is 0 Å². The summed E-state index contributed by atoms with van der Waals surface area (Å²) in [6.45, 7) is 19.7. The van der Waals surface area contributed by atoms with Crippen LogP contribution in [0, 0.1) is 7.43 Å². The monoisotopic (exact) mass is 494 g/mol. The molecular formula is C20H62NY2-. The van der Waals surface area contributed by atoms with Gasteiger partial charge in [-0.05, 0) is 6.54 Å². The minimum Gasteiger partial charge on any atom is -0.358 e. The van der Waals surface area contributed by atoms with Gasteiger partial charge in [0, 0.05) is 65.4 Å². The van der Waals surface area contributed by atoms with Crippen molar-refractivity contribution >= 4 is 0 Å². The predicted octanol–water partition coefficient (Wildman–Crippen LogP) is 9.26. The zero-order valence-corrected chi connectivity index (χ0v) is 20.9. The molecule has 154 valence electrons. The molecule has 0 aliphatic heterocycles. The van der Waals surface area contributed by atoms with E-state index in [1.54, 1.807) is 0 Å². The maximum Gasteiger partial charge on any atom is 0 e. The maximum absolute atomic E-state index is 4.85. The zero-order valence-electron chi connectivity index (χ0n) is 15.3. The first-order valence-corrected chi connectivity index (χ1v) is 6.77. The number of rotatable bonds is 0. The van der Waals surface area contributed by atoms with Crippen LogP contribution in [0.15, 0.2) is 0 Å². The van der Waals surface area contributed by atoms with Crippen molar-refractivity contribution < 1.29 is 65.4 Å². The van der Waals surface area contributed by atoms with Crippen molar-refractivity contribution in [3.8, 4) is 0 Å². The predicted molar refractivity (Wildman–Crippen MR) is 119 cm³/mol. The van der Waals surface area contributed by atoms with Crippen molar-refractivity contribution in [2.45, 2.75) is 125 Å². The van der Waals surface area contributed by atoms with E-state index in [1.807, 2.05) is 6.92 Å². The zero-order chi connectivity index (χ0) is 13.5. The van der Waals surface area contributed by atoms with Crippen LogP contribution in [0.2, 0.25) is 0 Å². The van der Waals surface area contributed by atoms with E-state index in [2.05, 4.69) is 55.4 Å². The third-order valence-electron chi connectivity index (χ3n) is 0. The van der Waals surface area contributed by atoms with E-state index in [0.717, 1.165) is 6.54 Å². The van der Waals surface area contributed by atoms with Crippen molar-refractivity contribution in [2.24, 2.45) is 5.73 Å². The molecule has 0 amide bonds. The summed E-state index contributed by atoms with van der Waals surface area (Å²) in [7, 11) is 0. The van der Waals surface area contributed by atoms with Crippen LogP contribution < -0.4 is 5.73 Å². The topological polar surface area (TPSA) is 26.0 Å². The minimum absolute atomic E-state index is 0. The van der Waals surface area contributed by atoms with Crippen molar-refractivity contribution in [3.05, 3.63) is 7.43 Å². The molecular weight excluding hydrogens is 432 g/mol. The van der Waals surface area contributed by atoms with Crippen LogP contribution in [-0.2, 0) is 65.4 Å². The van der Waals surface area contributed by atoms with Gasteiger partial charge in [0.1, 0.15) is 0 Å². The van der Waals surface area contributed by atoms with Crippen molar-refractivity contribution in [2.75, 3.05) is 6.54 Å². The summed E-state index contributed by atoms with van der Waals surface area (Å²) in [6, 6.07) is 0. The second-order valence-electron chi connectivity index (χ2n) is 3.24. The normalized spacial score (nSPS) is 3.91. The average Bonchev–Trinajstić information content (AvgIpc) is 2.09. The van der Waals surface area contributed by atoms with E-state index in [0.29, 0.717) is 0 Å². The Morgan fingerprint density at radius 2 is 0.435 bits per heavy atom. The van der Waals surface area contributed by atoms with E-state index in [1.165, 1.54) is 25.7 Å². The molecule has 0 atom stereocenters. The summed E-state index contributed by atoms with van der Waals surface area (Å²) in [5.74, 6) is 0. The van der Waals surface area contributed by atoms with Crippen LogP contribution in [0.5, 0.6) is 0 Å². The Morgan fingerprint density at radius 3 is 0.435 bits per heavy atom. The van der Waals surface area contributed by atoms with Crippen LogP contribution >= 0.6 is 0 Å².